The zero-order valence-corrected chi connectivity index (χ0v) is 15.4. The van der Waals surface area contributed by atoms with Gasteiger partial charge in [0.1, 0.15) is 17.0 Å². The van der Waals surface area contributed by atoms with E-state index < -0.39 is 33.5 Å². The van der Waals surface area contributed by atoms with Crippen LogP contribution in [0.25, 0.3) is 0 Å². The molecule has 0 aromatic heterocycles. The number of nitrogens with zero attached hydrogens (tertiary/aromatic N) is 1. The third kappa shape index (κ3) is 3.39. The van der Waals surface area contributed by atoms with E-state index in [1.807, 2.05) is 34.6 Å². The van der Waals surface area contributed by atoms with E-state index in [0.29, 0.717) is 0 Å². The molecule has 0 aliphatic carbocycles. The lowest BCUT2D eigenvalue weighted by Gasteiger charge is -2.27. The lowest BCUT2D eigenvalue weighted by Crippen LogP contribution is -2.54. The van der Waals surface area contributed by atoms with Crippen LogP contribution in [0.3, 0.4) is 0 Å². The summed E-state index contributed by atoms with van der Waals surface area (Å²) in [6, 6.07) is -0.590. The maximum atomic E-state index is 12.5. The number of hydrogen-bond acceptors (Lipinski definition) is 8. The van der Waals surface area contributed by atoms with E-state index in [9.17, 15) is 9.59 Å². The Morgan fingerprint density at radius 1 is 1.39 bits per heavy atom. The highest BCUT2D eigenvalue weighted by Gasteiger charge is 2.60. The summed E-state index contributed by atoms with van der Waals surface area (Å²) in [5.74, 6) is -0.697. The summed E-state index contributed by atoms with van der Waals surface area (Å²) in [4.78, 5) is 28.9. The highest BCUT2D eigenvalue weighted by Crippen LogP contribution is 2.45. The Kier molecular flexibility index (Phi) is 4.56. The Morgan fingerprint density at radius 3 is 2.43 bits per heavy atom. The molecule has 2 heterocycles. The molecule has 0 saturated carbocycles. The number of ether oxygens (including phenoxy) is 3. The van der Waals surface area contributed by atoms with E-state index in [-0.39, 0.29) is 11.9 Å². The average Bonchev–Trinajstić information content (AvgIpc) is 2.84. The second-order valence-corrected chi connectivity index (χ2v) is 8.91. The zero-order chi connectivity index (χ0) is 17.6. The summed E-state index contributed by atoms with van der Waals surface area (Å²) in [6.45, 7) is 10.9. The van der Waals surface area contributed by atoms with Crippen molar-refractivity contribution in [3.05, 3.63) is 0 Å². The van der Waals surface area contributed by atoms with Gasteiger partial charge in [0.15, 0.2) is 5.90 Å². The lowest BCUT2D eigenvalue weighted by atomic mass is 10.0. The van der Waals surface area contributed by atoms with Gasteiger partial charge in [-0.1, -0.05) is 0 Å². The van der Waals surface area contributed by atoms with Crippen molar-refractivity contribution in [1.82, 2.24) is 5.32 Å². The van der Waals surface area contributed by atoms with Gasteiger partial charge in [0.2, 0.25) is 0 Å². The number of cyclic esters (lactones) is 1. The van der Waals surface area contributed by atoms with E-state index >= 15 is 0 Å². The van der Waals surface area contributed by atoms with Crippen LogP contribution in [0, 0.1) is 0 Å². The number of hydrogen-bond donors (Lipinski definition) is 1. The van der Waals surface area contributed by atoms with Crippen molar-refractivity contribution in [3.63, 3.8) is 0 Å². The number of carbonyl (C=O) groups excluding carboxylic acids is 2. The first-order chi connectivity index (χ1) is 10.4. The summed E-state index contributed by atoms with van der Waals surface area (Å²) in [7, 11) is 1.40. The molecule has 7 nitrogen and oxygen atoms in total. The molecule has 1 fully saturated rings. The smallest absolute Gasteiger partial charge is 0.371 e. The van der Waals surface area contributed by atoms with Crippen LogP contribution >= 0.6 is 11.8 Å². The molecule has 0 aromatic carbocycles. The second-order valence-electron chi connectivity index (χ2n) is 7.16. The predicted molar refractivity (Wildman–Crippen MR) is 87.2 cm³/mol. The Bertz CT molecular complexity index is 555. The lowest BCUT2D eigenvalue weighted by molar-refractivity contribution is -0.161. The normalized spacial score (nSPS) is 33.3. The Balaban J connectivity index is 2.26. The van der Waals surface area contributed by atoms with Crippen LogP contribution in [0.4, 0.5) is 0 Å². The molecule has 2 rings (SSSR count). The Morgan fingerprint density at radius 2 is 2.00 bits per heavy atom. The van der Waals surface area contributed by atoms with E-state index in [4.69, 9.17) is 14.2 Å². The number of thioether (sulfide) groups is 1. The third-order valence-electron chi connectivity index (χ3n) is 3.60. The summed E-state index contributed by atoms with van der Waals surface area (Å²) in [5.41, 5.74) is -2.07. The summed E-state index contributed by atoms with van der Waals surface area (Å²) in [6.07, 6.45) is 0. The second kappa shape index (κ2) is 5.75. The monoisotopic (exact) mass is 344 g/mol. The van der Waals surface area contributed by atoms with Crippen molar-refractivity contribution in [2.75, 3.05) is 7.11 Å². The molecule has 0 aromatic rings. The Labute approximate surface area is 140 Å². The summed E-state index contributed by atoms with van der Waals surface area (Å²) >= 11 is 1.41. The molecule has 0 radical (unpaired) electrons. The van der Waals surface area contributed by atoms with Crippen LogP contribution in [-0.4, -0.2) is 52.4 Å². The number of carbonyl (C=O) groups is 2. The Hall–Kier alpha value is -1.12. The molecule has 0 amide bonds. The highest BCUT2D eigenvalue weighted by molar-refractivity contribution is 8.01. The van der Waals surface area contributed by atoms with E-state index in [1.165, 1.54) is 18.9 Å². The van der Waals surface area contributed by atoms with Crippen molar-refractivity contribution in [2.45, 2.75) is 69.0 Å². The molecule has 130 valence electrons. The minimum atomic E-state index is -1.48. The molecule has 1 N–H and O–H groups in total. The van der Waals surface area contributed by atoms with Crippen molar-refractivity contribution in [2.24, 2.45) is 4.99 Å². The number of esters is 2. The van der Waals surface area contributed by atoms with Gasteiger partial charge in [0.05, 0.1) is 0 Å². The predicted octanol–water partition coefficient (Wildman–Crippen LogP) is 1.46. The van der Waals surface area contributed by atoms with E-state index in [0.717, 1.165) is 0 Å². The fraction of sp³-hybridized carbons (Fsp3) is 0.800. The van der Waals surface area contributed by atoms with Crippen molar-refractivity contribution >= 4 is 29.6 Å². The van der Waals surface area contributed by atoms with Crippen LogP contribution < -0.4 is 5.32 Å². The first-order valence-corrected chi connectivity index (χ1v) is 8.30. The first-order valence-electron chi connectivity index (χ1n) is 7.42. The maximum absolute atomic E-state index is 12.5. The van der Waals surface area contributed by atoms with Crippen LogP contribution in [0.2, 0.25) is 0 Å². The summed E-state index contributed by atoms with van der Waals surface area (Å²) in [5, 5.41) is 2.59. The molecule has 0 spiro atoms. The van der Waals surface area contributed by atoms with Gasteiger partial charge in [-0.2, -0.15) is 0 Å². The van der Waals surface area contributed by atoms with E-state index in [2.05, 4.69) is 10.3 Å². The van der Waals surface area contributed by atoms with Gasteiger partial charge in [-0.25, -0.2) is 9.79 Å². The van der Waals surface area contributed by atoms with Gasteiger partial charge in [-0.15, -0.1) is 11.8 Å². The van der Waals surface area contributed by atoms with Crippen LogP contribution in [0.5, 0.6) is 0 Å². The number of rotatable bonds is 3. The standard InChI is InChI=1S/C15H24N2O5S/c1-8-17-15(20-7,12(19)21-8)11-16-9(14(5,6)23-11)10(18)22-13(2,3)4/h9,11,16H,1-7H3. The molecule has 2 aliphatic heterocycles. The fourth-order valence-electron chi connectivity index (χ4n) is 2.57. The molecule has 3 unspecified atom stereocenters. The quantitative estimate of drug-likeness (QED) is 0.776. The fourth-order valence-corrected chi connectivity index (χ4v) is 4.09. The van der Waals surface area contributed by atoms with Crippen LogP contribution in [-0.2, 0) is 23.8 Å². The number of methoxy groups -OCH3 is 1. The molecule has 23 heavy (non-hydrogen) atoms. The maximum Gasteiger partial charge on any atom is 0.371 e. The van der Waals surface area contributed by atoms with E-state index in [1.54, 1.807) is 6.92 Å². The van der Waals surface area contributed by atoms with Gasteiger partial charge in [0, 0.05) is 18.8 Å². The van der Waals surface area contributed by atoms with Crippen molar-refractivity contribution in [3.8, 4) is 0 Å². The van der Waals surface area contributed by atoms with Gasteiger partial charge in [0.25, 0.3) is 5.72 Å². The molecule has 8 heteroatoms. The molecular formula is C15H24N2O5S. The van der Waals surface area contributed by atoms with Crippen molar-refractivity contribution in [1.29, 1.82) is 0 Å². The van der Waals surface area contributed by atoms with Gasteiger partial charge >= 0.3 is 11.9 Å². The topological polar surface area (TPSA) is 86.2 Å². The third-order valence-corrected chi connectivity index (χ3v) is 5.13. The largest absolute Gasteiger partial charge is 0.459 e. The van der Waals surface area contributed by atoms with Crippen LogP contribution in [0.1, 0.15) is 41.5 Å². The van der Waals surface area contributed by atoms with Gasteiger partial charge in [-0.05, 0) is 34.6 Å². The van der Waals surface area contributed by atoms with Gasteiger partial charge in [-0.3, -0.25) is 10.1 Å². The van der Waals surface area contributed by atoms with Crippen molar-refractivity contribution < 1.29 is 23.8 Å². The highest BCUT2D eigenvalue weighted by atomic mass is 32.2. The number of nitrogens with one attached hydrogen (secondary N) is 1. The number of aliphatic imine (C=N–C) groups is 1. The first kappa shape index (κ1) is 18.2. The minimum absolute atomic E-state index is 0.248. The van der Waals surface area contributed by atoms with Gasteiger partial charge < -0.3 is 14.2 Å². The molecule has 3 atom stereocenters. The average molecular weight is 344 g/mol. The zero-order valence-electron chi connectivity index (χ0n) is 14.6. The molecule has 2 aliphatic rings. The molecular weight excluding hydrogens is 320 g/mol. The molecule has 0 bridgehead atoms. The summed E-state index contributed by atoms with van der Waals surface area (Å²) < 4.78 is 15.4. The minimum Gasteiger partial charge on any atom is -0.459 e. The SMILES string of the molecule is COC1(C2NC(C(=O)OC(C)(C)C)C(C)(C)S2)N=C(C)OC1=O. The van der Waals surface area contributed by atoms with Crippen LogP contribution in [0.15, 0.2) is 4.99 Å². The molecule has 1 saturated heterocycles.